The average Bonchev–Trinajstić information content (AvgIpc) is 3.37. The summed E-state index contributed by atoms with van der Waals surface area (Å²) in [4.78, 5) is 8.70. The number of halogens is 1. The van der Waals surface area contributed by atoms with Crippen molar-refractivity contribution >= 4 is 40.0 Å². The van der Waals surface area contributed by atoms with E-state index >= 15 is 0 Å². The number of nitrogens with two attached hydrogens (primary N) is 1. The molecule has 7 nitrogen and oxygen atoms in total. The molecule has 0 spiro atoms. The number of fused-ring (bicyclic) bond motifs is 2. The molecule has 3 heterocycles. The second-order valence-corrected chi connectivity index (χ2v) is 7.44. The summed E-state index contributed by atoms with van der Waals surface area (Å²) in [5, 5.41) is 11.5. The second-order valence-electron chi connectivity index (χ2n) is 7.44. The molecular weight excluding hydrogens is 400 g/mol. The smallest absolute Gasteiger partial charge is 0.164 e. The lowest BCUT2D eigenvalue weighted by Crippen LogP contribution is -2.27. The van der Waals surface area contributed by atoms with Gasteiger partial charge in [0.25, 0.3) is 0 Å². The lowest BCUT2D eigenvalue weighted by molar-refractivity contribution is 0.341. The van der Waals surface area contributed by atoms with E-state index in [4.69, 9.17) is 15.6 Å². The van der Waals surface area contributed by atoms with Crippen molar-refractivity contribution < 1.29 is 4.74 Å². The summed E-state index contributed by atoms with van der Waals surface area (Å²) in [6, 6.07) is 12.8. The van der Waals surface area contributed by atoms with Gasteiger partial charge in [0.05, 0.1) is 18.5 Å². The Labute approximate surface area is 181 Å². The molecule has 156 valence electrons. The van der Waals surface area contributed by atoms with Crippen molar-refractivity contribution in [2.24, 2.45) is 0 Å². The molecule has 1 aliphatic heterocycles. The summed E-state index contributed by atoms with van der Waals surface area (Å²) in [5.74, 6) is 1.34. The molecule has 30 heavy (non-hydrogen) atoms. The zero-order valence-corrected chi connectivity index (χ0v) is 17.7. The molecule has 0 bridgehead atoms. The molecule has 0 radical (unpaired) electrons. The first-order chi connectivity index (χ1) is 14.2. The van der Waals surface area contributed by atoms with Crippen LogP contribution >= 0.6 is 12.4 Å². The number of nitrogens with one attached hydrogen (secondary N) is 1. The number of aromatic nitrogens is 4. The van der Waals surface area contributed by atoms with E-state index in [-0.39, 0.29) is 12.4 Å². The summed E-state index contributed by atoms with van der Waals surface area (Å²) in [6.07, 6.45) is 3.86. The Bertz CT molecular complexity index is 1190. The number of ether oxygens (including phenoxy) is 1. The lowest BCUT2D eigenvalue weighted by Gasteiger charge is -2.10. The van der Waals surface area contributed by atoms with Crippen LogP contribution in [0.3, 0.4) is 0 Å². The van der Waals surface area contributed by atoms with Gasteiger partial charge in [-0.1, -0.05) is 18.2 Å². The fourth-order valence-corrected chi connectivity index (χ4v) is 4.11. The minimum absolute atomic E-state index is 0. The third-order valence-electron chi connectivity index (χ3n) is 5.51. The predicted molar refractivity (Wildman–Crippen MR) is 122 cm³/mol. The Morgan fingerprint density at radius 1 is 1.17 bits per heavy atom. The van der Waals surface area contributed by atoms with Crippen LogP contribution in [0, 0.1) is 0 Å². The number of nitrogens with zero attached hydrogens (tertiary/aromatic N) is 4. The van der Waals surface area contributed by atoms with Crippen molar-refractivity contribution in [3.05, 3.63) is 42.7 Å². The summed E-state index contributed by atoms with van der Waals surface area (Å²) in [6.45, 7) is 4.48. The normalized spacial score (nSPS) is 16.1. The minimum atomic E-state index is 0. The Balaban J connectivity index is 0.00000218. The van der Waals surface area contributed by atoms with Gasteiger partial charge in [0.1, 0.15) is 23.6 Å². The van der Waals surface area contributed by atoms with Gasteiger partial charge in [-0.15, -0.1) is 12.4 Å². The van der Waals surface area contributed by atoms with Gasteiger partial charge in [0, 0.05) is 11.6 Å². The number of nitrogen functional groups attached to an aromatic ring is 1. The van der Waals surface area contributed by atoms with Crippen LogP contribution in [0.15, 0.2) is 42.7 Å². The molecule has 0 unspecified atom stereocenters. The van der Waals surface area contributed by atoms with Gasteiger partial charge >= 0.3 is 0 Å². The van der Waals surface area contributed by atoms with Crippen LogP contribution in [0.4, 0.5) is 5.82 Å². The van der Waals surface area contributed by atoms with Gasteiger partial charge in [-0.3, -0.25) is 0 Å². The summed E-state index contributed by atoms with van der Waals surface area (Å²) < 4.78 is 7.58. The largest absolute Gasteiger partial charge is 0.494 e. The monoisotopic (exact) mass is 424 g/mol. The first-order valence-corrected chi connectivity index (χ1v) is 10.1. The topological polar surface area (TPSA) is 90.9 Å². The summed E-state index contributed by atoms with van der Waals surface area (Å²) in [7, 11) is 0. The van der Waals surface area contributed by atoms with E-state index in [2.05, 4.69) is 45.6 Å². The van der Waals surface area contributed by atoms with Crippen LogP contribution < -0.4 is 15.8 Å². The van der Waals surface area contributed by atoms with Gasteiger partial charge in [-0.05, 0) is 55.3 Å². The van der Waals surface area contributed by atoms with Gasteiger partial charge in [0.15, 0.2) is 5.65 Å². The van der Waals surface area contributed by atoms with Gasteiger partial charge in [0.2, 0.25) is 0 Å². The van der Waals surface area contributed by atoms with Gasteiger partial charge in [-0.2, -0.15) is 5.10 Å². The highest BCUT2D eigenvalue weighted by Gasteiger charge is 2.21. The quantitative estimate of drug-likeness (QED) is 0.506. The minimum Gasteiger partial charge on any atom is -0.494 e. The van der Waals surface area contributed by atoms with Crippen molar-refractivity contribution in [1.29, 1.82) is 0 Å². The SMILES string of the molecule is CCOc1ccc2cc(-c3nn(C[C@H]4CCCN4)c4ncnc(N)c34)ccc2c1.Cl. The van der Waals surface area contributed by atoms with Crippen LogP contribution in [0.5, 0.6) is 5.75 Å². The van der Waals surface area contributed by atoms with Crippen molar-refractivity contribution in [1.82, 2.24) is 25.1 Å². The molecule has 0 saturated carbocycles. The fraction of sp³-hybridized carbons (Fsp3) is 0.318. The molecule has 2 aromatic carbocycles. The van der Waals surface area contributed by atoms with Crippen molar-refractivity contribution in [3.8, 4) is 17.0 Å². The fourth-order valence-electron chi connectivity index (χ4n) is 4.11. The van der Waals surface area contributed by atoms with E-state index in [1.165, 1.54) is 12.7 Å². The van der Waals surface area contributed by atoms with E-state index in [0.29, 0.717) is 18.5 Å². The molecule has 1 fully saturated rings. The standard InChI is InChI=1S/C22H24N6O.ClH/c1-2-29-18-8-7-14-10-16(6-5-15(14)11-18)20-19-21(23)25-13-26-22(19)28(27-20)12-17-4-3-9-24-17;/h5-8,10-11,13,17,24H,2-4,9,12H2,1H3,(H2,23,25,26);1H/t17-;/m1./s1. The Hall–Kier alpha value is -2.90. The van der Waals surface area contributed by atoms with E-state index in [1.807, 2.05) is 17.7 Å². The molecule has 8 heteroatoms. The highest BCUT2D eigenvalue weighted by Crippen LogP contribution is 2.33. The van der Waals surface area contributed by atoms with Gasteiger partial charge < -0.3 is 15.8 Å². The van der Waals surface area contributed by atoms with Crippen molar-refractivity contribution in [3.63, 3.8) is 0 Å². The summed E-state index contributed by atoms with van der Waals surface area (Å²) >= 11 is 0. The van der Waals surface area contributed by atoms with Crippen LogP contribution in [0.25, 0.3) is 33.1 Å². The number of hydrogen-bond acceptors (Lipinski definition) is 6. The van der Waals surface area contributed by atoms with Crippen molar-refractivity contribution in [2.45, 2.75) is 32.4 Å². The highest BCUT2D eigenvalue weighted by atomic mass is 35.5. The van der Waals surface area contributed by atoms with Crippen LogP contribution in [0.1, 0.15) is 19.8 Å². The van der Waals surface area contributed by atoms with Crippen LogP contribution in [-0.2, 0) is 6.54 Å². The molecule has 5 rings (SSSR count). The molecule has 0 aliphatic carbocycles. The maximum Gasteiger partial charge on any atom is 0.164 e. The number of benzene rings is 2. The van der Waals surface area contributed by atoms with E-state index in [9.17, 15) is 0 Å². The maximum absolute atomic E-state index is 6.25. The molecular formula is C22H25ClN6O. The third-order valence-corrected chi connectivity index (χ3v) is 5.51. The molecule has 2 aromatic heterocycles. The van der Waals surface area contributed by atoms with E-state index in [1.54, 1.807) is 0 Å². The zero-order chi connectivity index (χ0) is 19.8. The molecule has 1 atom stereocenters. The maximum atomic E-state index is 6.25. The number of rotatable bonds is 5. The van der Waals surface area contributed by atoms with E-state index < -0.39 is 0 Å². The molecule has 0 amide bonds. The number of anilines is 1. The third kappa shape index (κ3) is 3.66. The molecule has 1 saturated heterocycles. The average molecular weight is 425 g/mol. The van der Waals surface area contributed by atoms with Crippen LogP contribution in [-0.4, -0.2) is 38.9 Å². The highest BCUT2D eigenvalue weighted by molar-refractivity contribution is 6.00. The molecule has 1 aliphatic rings. The molecule has 3 N–H and O–H groups in total. The Morgan fingerprint density at radius 3 is 2.80 bits per heavy atom. The summed E-state index contributed by atoms with van der Waals surface area (Å²) in [5.41, 5.74) is 8.86. The second kappa shape index (κ2) is 8.45. The first-order valence-electron chi connectivity index (χ1n) is 10.1. The predicted octanol–water partition coefficient (Wildman–Crippen LogP) is 3.80. The molecule has 4 aromatic rings. The Kier molecular flexibility index (Phi) is 5.74. The first kappa shape index (κ1) is 20.4. The number of hydrogen-bond donors (Lipinski definition) is 2. The van der Waals surface area contributed by atoms with Gasteiger partial charge in [-0.25, -0.2) is 14.6 Å². The lowest BCUT2D eigenvalue weighted by atomic mass is 10.0. The van der Waals surface area contributed by atoms with E-state index in [0.717, 1.165) is 58.3 Å². The van der Waals surface area contributed by atoms with Crippen molar-refractivity contribution in [2.75, 3.05) is 18.9 Å². The zero-order valence-electron chi connectivity index (χ0n) is 16.8. The Morgan fingerprint density at radius 2 is 2.00 bits per heavy atom. The van der Waals surface area contributed by atoms with Crippen LogP contribution in [0.2, 0.25) is 0 Å².